The number of amides is 3. The number of likely N-dealkylation sites (tertiary alicyclic amines) is 1. The molecule has 3 amide bonds. The molecule has 0 bridgehead atoms. The van der Waals surface area contributed by atoms with Gasteiger partial charge in [-0.05, 0) is 18.4 Å². The second kappa shape index (κ2) is 7.87. The van der Waals surface area contributed by atoms with Crippen LogP contribution in [0.1, 0.15) is 24.4 Å². The van der Waals surface area contributed by atoms with Crippen LogP contribution in [0.25, 0.3) is 0 Å². The lowest BCUT2D eigenvalue weighted by molar-refractivity contribution is -0.138. The van der Waals surface area contributed by atoms with E-state index < -0.39 is 0 Å². The van der Waals surface area contributed by atoms with E-state index in [-0.39, 0.29) is 23.9 Å². The Balaban J connectivity index is 1.56. The summed E-state index contributed by atoms with van der Waals surface area (Å²) < 4.78 is 0. The average molecular weight is 344 g/mol. The van der Waals surface area contributed by atoms with E-state index in [2.05, 4.69) is 17.4 Å². The summed E-state index contributed by atoms with van der Waals surface area (Å²) in [5.74, 6) is 0.292. The van der Waals surface area contributed by atoms with E-state index in [9.17, 15) is 9.59 Å². The summed E-state index contributed by atoms with van der Waals surface area (Å²) in [6.45, 7) is 3.64. The molecule has 25 heavy (non-hydrogen) atoms. The van der Waals surface area contributed by atoms with Gasteiger partial charge in [-0.2, -0.15) is 0 Å². The number of piperazine rings is 1. The van der Waals surface area contributed by atoms with E-state index in [4.69, 9.17) is 0 Å². The third-order valence-corrected chi connectivity index (χ3v) is 5.19. The number of carbonyl (C=O) groups is 2. The van der Waals surface area contributed by atoms with E-state index >= 15 is 0 Å². The molecule has 1 N–H and O–H groups in total. The fraction of sp³-hybridized carbons (Fsp3) is 0.579. The van der Waals surface area contributed by atoms with Crippen LogP contribution in [-0.2, 0) is 4.79 Å². The molecule has 0 aromatic heterocycles. The van der Waals surface area contributed by atoms with E-state index in [1.165, 1.54) is 5.56 Å². The number of urea groups is 1. The number of nitrogens with one attached hydrogen (secondary N) is 1. The van der Waals surface area contributed by atoms with E-state index in [1.807, 2.05) is 28.0 Å². The van der Waals surface area contributed by atoms with Gasteiger partial charge in [-0.3, -0.25) is 4.79 Å². The highest BCUT2D eigenvalue weighted by Gasteiger charge is 2.32. The van der Waals surface area contributed by atoms with Crippen LogP contribution < -0.4 is 5.32 Å². The molecule has 2 aliphatic heterocycles. The fourth-order valence-electron chi connectivity index (χ4n) is 3.72. The second-order valence-electron chi connectivity index (χ2n) is 7.14. The minimum Gasteiger partial charge on any atom is -0.339 e. The predicted octanol–water partition coefficient (Wildman–Crippen LogP) is 1.55. The molecule has 1 atom stereocenters. The van der Waals surface area contributed by atoms with E-state index in [0.29, 0.717) is 13.1 Å². The Morgan fingerprint density at radius 1 is 1.04 bits per heavy atom. The van der Waals surface area contributed by atoms with Gasteiger partial charge in [0, 0.05) is 58.8 Å². The van der Waals surface area contributed by atoms with Crippen molar-refractivity contribution in [2.75, 3.05) is 46.8 Å². The second-order valence-corrected chi connectivity index (χ2v) is 7.14. The van der Waals surface area contributed by atoms with Crippen molar-refractivity contribution in [2.24, 2.45) is 5.92 Å². The van der Waals surface area contributed by atoms with Crippen molar-refractivity contribution in [1.82, 2.24) is 20.0 Å². The molecule has 2 fully saturated rings. The number of hydrogen-bond acceptors (Lipinski definition) is 3. The molecule has 0 aliphatic carbocycles. The highest BCUT2D eigenvalue weighted by atomic mass is 16.2. The van der Waals surface area contributed by atoms with Gasteiger partial charge in [0.25, 0.3) is 0 Å². The van der Waals surface area contributed by atoms with Crippen LogP contribution in [0.2, 0.25) is 0 Å². The van der Waals surface area contributed by atoms with Gasteiger partial charge in [0.05, 0.1) is 0 Å². The van der Waals surface area contributed by atoms with Crippen LogP contribution in [0.3, 0.4) is 0 Å². The van der Waals surface area contributed by atoms with Crippen LogP contribution in [-0.4, -0.2) is 73.5 Å². The lowest BCUT2D eigenvalue weighted by Gasteiger charge is -2.38. The van der Waals surface area contributed by atoms with Gasteiger partial charge in [-0.25, -0.2) is 4.79 Å². The minimum absolute atomic E-state index is 0.0391. The van der Waals surface area contributed by atoms with Gasteiger partial charge in [0.15, 0.2) is 0 Å². The van der Waals surface area contributed by atoms with Gasteiger partial charge in [-0.15, -0.1) is 0 Å². The zero-order valence-corrected chi connectivity index (χ0v) is 15.1. The number of carbonyl (C=O) groups excluding carboxylic acids is 2. The van der Waals surface area contributed by atoms with Crippen molar-refractivity contribution in [2.45, 2.75) is 18.9 Å². The summed E-state index contributed by atoms with van der Waals surface area (Å²) in [6, 6.07) is 10.5. The molecule has 2 heterocycles. The summed E-state index contributed by atoms with van der Waals surface area (Å²) in [7, 11) is 3.54. The summed E-state index contributed by atoms with van der Waals surface area (Å²) in [4.78, 5) is 30.4. The Kier molecular flexibility index (Phi) is 5.58. The lowest BCUT2D eigenvalue weighted by Crippen LogP contribution is -2.52. The highest BCUT2D eigenvalue weighted by Crippen LogP contribution is 2.23. The fourth-order valence-corrected chi connectivity index (χ4v) is 3.72. The van der Waals surface area contributed by atoms with Crippen molar-refractivity contribution in [3.8, 4) is 0 Å². The Morgan fingerprint density at radius 3 is 2.36 bits per heavy atom. The monoisotopic (exact) mass is 344 g/mol. The van der Waals surface area contributed by atoms with Crippen LogP contribution in [0.5, 0.6) is 0 Å². The van der Waals surface area contributed by atoms with Crippen molar-refractivity contribution >= 4 is 11.9 Å². The average Bonchev–Trinajstić information content (AvgIpc) is 2.67. The number of rotatable bonds is 2. The molecule has 2 saturated heterocycles. The summed E-state index contributed by atoms with van der Waals surface area (Å²) in [5.41, 5.74) is 1.23. The largest absolute Gasteiger partial charge is 0.339 e. The maximum Gasteiger partial charge on any atom is 0.319 e. The van der Waals surface area contributed by atoms with Crippen LogP contribution in [0.15, 0.2) is 30.3 Å². The molecule has 136 valence electrons. The van der Waals surface area contributed by atoms with E-state index in [0.717, 1.165) is 32.5 Å². The molecule has 1 aromatic carbocycles. The smallest absolute Gasteiger partial charge is 0.319 e. The van der Waals surface area contributed by atoms with Gasteiger partial charge in [0.1, 0.15) is 0 Å². The molecule has 1 aromatic rings. The van der Waals surface area contributed by atoms with E-state index in [1.54, 1.807) is 19.0 Å². The van der Waals surface area contributed by atoms with Gasteiger partial charge in [-0.1, -0.05) is 30.3 Å². The first-order chi connectivity index (χ1) is 12.1. The number of hydrogen-bond donors (Lipinski definition) is 1. The molecular formula is C19H28N4O2. The first-order valence-corrected chi connectivity index (χ1v) is 9.09. The lowest BCUT2D eigenvalue weighted by atomic mass is 9.94. The third-order valence-electron chi connectivity index (χ3n) is 5.19. The summed E-state index contributed by atoms with van der Waals surface area (Å²) in [5, 5.41) is 3.51. The zero-order valence-electron chi connectivity index (χ0n) is 15.1. The van der Waals surface area contributed by atoms with Crippen molar-refractivity contribution in [3.05, 3.63) is 35.9 Å². The summed E-state index contributed by atoms with van der Waals surface area (Å²) >= 11 is 0. The first kappa shape index (κ1) is 17.7. The van der Waals surface area contributed by atoms with Crippen LogP contribution in [0.4, 0.5) is 4.79 Å². The number of piperidine rings is 1. The van der Waals surface area contributed by atoms with Crippen LogP contribution in [0, 0.1) is 5.92 Å². The zero-order chi connectivity index (χ0) is 17.8. The first-order valence-electron chi connectivity index (χ1n) is 9.09. The number of nitrogens with zero attached hydrogens (tertiary/aromatic N) is 3. The summed E-state index contributed by atoms with van der Waals surface area (Å²) in [6.07, 6.45) is 1.52. The predicted molar refractivity (Wildman–Crippen MR) is 97.1 cm³/mol. The van der Waals surface area contributed by atoms with Crippen molar-refractivity contribution < 1.29 is 9.59 Å². The molecule has 0 spiro atoms. The van der Waals surface area contributed by atoms with Crippen LogP contribution >= 0.6 is 0 Å². The van der Waals surface area contributed by atoms with Crippen molar-refractivity contribution in [1.29, 1.82) is 0 Å². The molecule has 0 radical (unpaired) electrons. The highest BCUT2D eigenvalue weighted by molar-refractivity contribution is 5.80. The Bertz CT molecular complexity index is 597. The topological polar surface area (TPSA) is 55.9 Å². The van der Waals surface area contributed by atoms with Gasteiger partial charge >= 0.3 is 6.03 Å². The molecule has 6 heteroatoms. The normalized spacial score (nSPS) is 21.9. The van der Waals surface area contributed by atoms with Gasteiger partial charge < -0.3 is 20.0 Å². The standard InChI is InChI=1S/C19H28N4O2/c1-21(2)19(25)22-11-8-16(9-12-22)18(24)23-13-10-20-17(14-23)15-6-4-3-5-7-15/h3-7,16-17,20H,8-14H2,1-2H3/t17-/m0/s1. The number of benzene rings is 1. The molecule has 0 saturated carbocycles. The third kappa shape index (κ3) is 4.12. The Hall–Kier alpha value is -2.08. The molecule has 0 unspecified atom stereocenters. The molecule has 3 rings (SSSR count). The quantitative estimate of drug-likeness (QED) is 0.886. The molecule has 2 aliphatic rings. The van der Waals surface area contributed by atoms with Crippen molar-refractivity contribution in [3.63, 3.8) is 0 Å². The Labute approximate surface area is 149 Å². The molecular weight excluding hydrogens is 316 g/mol. The minimum atomic E-state index is 0.0391. The Morgan fingerprint density at radius 2 is 1.72 bits per heavy atom. The maximum absolute atomic E-state index is 12.9. The maximum atomic E-state index is 12.9. The van der Waals surface area contributed by atoms with Gasteiger partial charge in [0.2, 0.25) is 5.91 Å². The SMILES string of the molecule is CN(C)C(=O)N1CCC(C(=O)N2CCN[C@H](c3ccccc3)C2)CC1. The molecule has 6 nitrogen and oxygen atoms in total.